The van der Waals surface area contributed by atoms with E-state index in [4.69, 9.17) is 5.26 Å². The largest absolute Gasteiger partial charge is 0.331 e. The maximum atomic E-state index is 8.52. The van der Waals surface area contributed by atoms with Gasteiger partial charge in [-0.1, -0.05) is 30.3 Å². The van der Waals surface area contributed by atoms with E-state index in [1.807, 2.05) is 30.6 Å². The predicted octanol–water partition coefficient (Wildman–Crippen LogP) is 3.20. The second kappa shape index (κ2) is 7.52. The molecular formula is C14H16ClN3. The van der Waals surface area contributed by atoms with Gasteiger partial charge in [0, 0.05) is 31.8 Å². The zero-order chi connectivity index (χ0) is 11.9. The number of imidazole rings is 1. The molecule has 4 heteroatoms. The number of nitriles is 1. The summed E-state index contributed by atoms with van der Waals surface area (Å²) in [5.74, 6) is 1.06. The van der Waals surface area contributed by atoms with Crippen LogP contribution in [0.3, 0.4) is 0 Å². The van der Waals surface area contributed by atoms with E-state index in [0.29, 0.717) is 6.42 Å². The van der Waals surface area contributed by atoms with Gasteiger partial charge in [-0.3, -0.25) is 0 Å². The van der Waals surface area contributed by atoms with Crippen LogP contribution in [0.1, 0.15) is 24.2 Å². The summed E-state index contributed by atoms with van der Waals surface area (Å²) in [6, 6.07) is 12.5. The van der Waals surface area contributed by atoms with Crippen LogP contribution in [0.15, 0.2) is 42.7 Å². The molecule has 2 aromatic rings. The summed E-state index contributed by atoms with van der Waals surface area (Å²) in [4.78, 5) is 4.34. The molecule has 0 N–H and O–H groups in total. The third-order valence-electron chi connectivity index (χ3n) is 2.69. The molecule has 0 aliphatic rings. The molecule has 18 heavy (non-hydrogen) atoms. The Hall–Kier alpha value is -1.79. The van der Waals surface area contributed by atoms with E-state index in [2.05, 4.69) is 27.8 Å². The molecule has 0 amide bonds. The highest BCUT2D eigenvalue weighted by molar-refractivity contribution is 5.85. The van der Waals surface area contributed by atoms with Crippen molar-refractivity contribution >= 4 is 12.4 Å². The molecule has 0 atom stereocenters. The molecule has 0 saturated heterocycles. The van der Waals surface area contributed by atoms with Gasteiger partial charge in [-0.25, -0.2) is 4.98 Å². The first-order chi connectivity index (χ1) is 8.40. The van der Waals surface area contributed by atoms with Crippen LogP contribution >= 0.6 is 12.4 Å². The van der Waals surface area contributed by atoms with Crippen molar-refractivity contribution in [3.63, 3.8) is 0 Å². The number of rotatable bonds is 5. The van der Waals surface area contributed by atoms with Crippen molar-refractivity contribution in [2.75, 3.05) is 0 Å². The number of unbranched alkanes of at least 4 members (excludes halogenated alkanes) is 1. The Bertz CT molecular complexity index is 499. The van der Waals surface area contributed by atoms with Gasteiger partial charge in [0.1, 0.15) is 5.82 Å². The van der Waals surface area contributed by atoms with Crippen molar-refractivity contribution < 1.29 is 0 Å². The summed E-state index contributed by atoms with van der Waals surface area (Å²) >= 11 is 0. The zero-order valence-corrected chi connectivity index (χ0v) is 10.9. The van der Waals surface area contributed by atoms with E-state index in [-0.39, 0.29) is 12.4 Å². The first-order valence-corrected chi connectivity index (χ1v) is 5.81. The lowest BCUT2D eigenvalue weighted by Crippen LogP contribution is -2.04. The summed E-state index contributed by atoms with van der Waals surface area (Å²) < 4.78 is 2.15. The highest BCUT2D eigenvalue weighted by Gasteiger charge is 2.02. The summed E-state index contributed by atoms with van der Waals surface area (Å²) in [7, 11) is 0. The summed E-state index contributed by atoms with van der Waals surface area (Å²) in [5, 5.41) is 8.52. The van der Waals surface area contributed by atoms with Gasteiger partial charge in [-0.15, -0.1) is 12.4 Å². The van der Waals surface area contributed by atoms with Crippen molar-refractivity contribution in [3.8, 4) is 6.07 Å². The molecule has 0 bridgehead atoms. The molecule has 1 aromatic carbocycles. The number of nitrogens with zero attached hydrogens (tertiary/aromatic N) is 3. The van der Waals surface area contributed by atoms with Gasteiger partial charge in [0.2, 0.25) is 0 Å². The first kappa shape index (κ1) is 14.3. The second-order valence-electron chi connectivity index (χ2n) is 3.97. The van der Waals surface area contributed by atoms with E-state index >= 15 is 0 Å². The number of benzene rings is 1. The SMILES string of the molecule is Cl.N#CCCCc1nccn1Cc1ccccc1. The third-order valence-corrected chi connectivity index (χ3v) is 2.69. The summed E-state index contributed by atoms with van der Waals surface area (Å²) in [6.07, 6.45) is 6.16. The monoisotopic (exact) mass is 261 g/mol. The Balaban J connectivity index is 0.00000162. The number of hydrogen-bond acceptors (Lipinski definition) is 2. The fourth-order valence-corrected chi connectivity index (χ4v) is 1.82. The van der Waals surface area contributed by atoms with Gasteiger partial charge < -0.3 is 4.57 Å². The molecule has 0 fully saturated rings. The molecule has 0 radical (unpaired) electrons. The minimum absolute atomic E-state index is 0. The van der Waals surface area contributed by atoms with E-state index in [1.165, 1.54) is 5.56 Å². The predicted molar refractivity (Wildman–Crippen MR) is 73.6 cm³/mol. The molecular weight excluding hydrogens is 246 g/mol. The Morgan fingerprint density at radius 3 is 2.72 bits per heavy atom. The second-order valence-corrected chi connectivity index (χ2v) is 3.97. The fourth-order valence-electron chi connectivity index (χ4n) is 1.82. The highest BCUT2D eigenvalue weighted by atomic mass is 35.5. The van der Waals surface area contributed by atoms with Crippen molar-refractivity contribution in [1.82, 2.24) is 9.55 Å². The third kappa shape index (κ3) is 3.90. The Kier molecular flexibility index (Phi) is 5.96. The molecule has 0 unspecified atom stereocenters. The molecule has 2 rings (SSSR count). The van der Waals surface area contributed by atoms with Crippen LogP contribution in [0.4, 0.5) is 0 Å². The molecule has 3 nitrogen and oxygen atoms in total. The number of aryl methyl sites for hydroxylation is 1. The maximum absolute atomic E-state index is 8.52. The molecule has 0 aliphatic carbocycles. The highest BCUT2D eigenvalue weighted by Crippen LogP contribution is 2.07. The lowest BCUT2D eigenvalue weighted by atomic mass is 10.2. The molecule has 0 aliphatic heterocycles. The Labute approximate surface area is 113 Å². The van der Waals surface area contributed by atoms with Gasteiger partial charge in [-0.2, -0.15) is 5.26 Å². The average Bonchev–Trinajstić information content (AvgIpc) is 2.79. The van der Waals surface area contributed by atoms with Crippen LogP contribution in [0.2, 0.25) is 0 Å². The standard InChI is InChI=1S/C14H15N3.ClH/c15-9-5-4-8-14-16-10-11-17(14)12-13-6-2-1-3-7-13;/h1-3,6-7,10-11H,4-5,8,12H2;1H. The lowest BCUT2D eigenvalue weighted by Gasteiger charge is -2.07. The molecule has 1 aromatic heterocycles. The zero-order valence-electron chi connectivity index (χ0n) is 10.1. The molecule has 1 heterocycles. The van der Waals surface area contributed by atoms with E-state index in [1.54, 1.807) is 0 Å². The van der Waals surface area contributed by atoms with Crippen LogP contribution in [-0.2, 0) is 13.0 Å². The fraction of sp³-hybridized carbons (Fsp3) is 0.286. The van der Waals surface area contributed by atoms with Gasteiger partial charge >= 0.3 is 0 Å². The van der Waals surface area contributed by atoms with Gasteiger partial charge in [0.25, 0.3) is 0 Å². The van der Waals surface area contributed by atoms with Crippen molar-refractivity contribution in [2.45, 2.75) is 25.8 Å². The van der Waals surface area contributed by atoms with Crippen LogP contribution in [0.25, 0.3) is 0 Å². The van der Waals surface area contributed by atoms with Crippen LogP contribution in [0, 0.1) is 11.3 Å². The number of halogens is 1. The van der Waals surface area contributed by atoms with E-state index in [0.717, 1.165) is 25.2 Å². The number of hydrogen-bond donors (Lipinski definition) is 0. The van der Waals surface area contributed by atoms with Gasteiger partial charge in [0.05, 0.1) is 6.07 Å². The van der Waals surface area contributed by atoms with Crippen molar-refractivity contribution in [2.24, 2.45) is 0 Å². The Morgan fingerprint density at radius 2 is 2.00 bits per heavy atom. The van der Waals surface area contributed by atoms with E-state index in [9.17, 15) is 0 Å². The number of aromatic nitrogens is 2. The van der Waals surface area contributed by atoms with E-state index < -0.39 is 0 Å². The van der Waals surface area contributed by atoms with Crippen molar-refractivity contribution in [1.29, 1.82) is 5.26 Å². The Morgan fingerprint density at radius 1 is 1.22 bits per heavy atom. The minimum Gasteiger partial charge on any atom is -0.331 e. The lowest BCUT2D eigenvalue weighted by molar-refractivity contribution is 0.692. The molecule has 94 valence electrons. The normalized spacial score (nSPS) is 9.50. The first-order valence-electron chi connectivity index (χ1n) is 5.81. The van der Waals surface area contributed by atoms with Crippen molar-refractivity contribution in [3.05, 3.63) is 54.1 Å². The topological polar surface area (TPSA) is 41.6 Å². The van der Waals surface area contributed by atoms with Gasteiger partial charge in [0.15, 0.2) is 0 Å². The summed E-state index contributed by atoms with van der Waals surface area (Å²) in [5.41, 5.74) is 1.27. The average molecular weight is 262 g/mol. The smallest absolute Gasteiger partial charge is 0.108 e. The van der Waals surface area contributed by atoms with Crippen LogP contribution < -0.4 is 0 Å². The minimum atomic E-state index is 0. The van der Waals surface area contributed by atoms with Crippen LogP contribution in [-0.4, -0.2) is 9.55 Å². The van der Waals surface area contributed by atoms with Gasteiger partial charge in [-0.05, 0) is 12.0 Å². The van der Waals surface area contributed by atoms with Crippen LogP contribution in [0.5, 0.6) is 0 Å². The maximum Gasteiger partial charge on any atom is 0.108 e. The quantitative estimate of drug-likeness (QED) is 0.776. The molecule has 0 saturated carbocycles. The molecule has 0 spiro atoms. The summed E-state index contributed by atoms with van der Waals surface area (Å²) in [6.45, 7) is 0.850.